The number of H-pyrrole nitrogens is 2. The molecule has 9 heteroatoms. The van der Waals surface area contributed by atoms with Crippen LogP contribution in [0.15, 0.2) is 9.59 Å². The molecule has 0 aliphatic carbocycles. The molecule has 9 nitrogen and oxygen atoms in total. The number of aryl methyl sites for hydroxylation is 1. The number of nitrogens with one attached hydrogen (secondary N) is 3. The number of hydrogen-bond donors (Lipinski definition) is 6. The van der Waals surface area contributed by atoms with Gasteiger partial charge in [0.1, 0.15) is 5.54 Å². The summed E-state index contributed by atoms with van der Waals surface area (Å²) in [6.45, 7) is -0.318. The van der Waals surface area contributed by atoms with E-state index < -0.39 is 42.5 Å². The lowest BCUT2D eigenvalue weighted by Gasteiger charge is -2.28. The summed E-state index contributed by atoms with van der Waals surface area (Å²) >= 11 is 0. The zero-order chi connectivity index (χ0) is 16.0. The fourth-order valence-electron chi connectivity index (χ4n) is 1.79. The van der Waals surface area contributed by atoms with Crippen LogP contribution in [0.3, 0.4) is 0 Å². The van der Waals surface area contributed by atoms with Crippen LogP contribution < -0.4 is 16.6 Å². The highest BCUT2D eigenvalue weighted by Crippen LogP contribution is 2.04. The van der Waals surface area contributed by atoms with Gasteiger partial charge in [0.05, 0.1) is 19.8 Å². The quantitative estimate of drug-likeness (QED) is 0.318. The fraction of sp³-hybridized carbons (Fsp3) is 0.583. The molecule has 0 saturated heterocycles. The van der Waals surface area contributed by atoms with E-state index in [1.54, 1.807) is 6.92 Å². The Hall–Kier alpha value is -1.97. The average molecular weight is 301 g/mol. The average Bonchev–Trinajstić information content (AvgIpc) is 2.43. The Balaban J connectivity index is 2.74. The van der Waals surface area contributed by atoms with Crippen molar-refractivity contribution in [2.45, 2.75) is 25.3 Å². The molecule has 0 fully saturated rings. The lowest BCUT2D eigenvalue weighted by atomic mass is 10.0. The number of rotatable bonds is 7. The molecule has 0 atom stereocenters. The van der Waals surface area contributed by atoms with Crippen LogP contribution in [-0.4, -0.2) is 56.6 Å². The number of aromatic nitrogens is 2. The van der Waals surface area contributed by atoms with Crippen molar-refractivity contribution in [3.05, 3.63) is 32.1 Å². The van der Waals surface area contributed by atoms with Crippen molar-refractivity contribution >= 4 is 5.91 Å². The zero-order valence-electron chi connectivity index (χ0n) is 11.6. The SMILES string of the molecule is Cc1[nH]c(=O)[nH]c(=O)c1CCC(=O)NC(CO)(CO)CO. The first-order valence-corrected chi connectivity index (χ1v) is 6.33. The van der Waals surface area contributed by atoms with Crippen LogP contribution >= 0.6 is 0 Å². The number of aliphatic hydroxyl groups is 3. The molecule has 1 rings (SSSR count). The van der Waals surface area contributed by atoms with Crippen molar-refractivity contribution < 1.29 is 20.1 Å². The third kappa shape index (κ3) is 4.25. The number of amides is 1. The molecular formula is C12H19N3O6. The normalized spacial score (nSPS) is 11.4. The molecule has 0 aromatic carbocycles. The Kier molecular flexibility index (Phi) is 5.82. The van der Waals surface area contributed by atoms with Crippen molar-refractivity contribution in [2.24, 2.45) is 0 Å². The highest BCUT2D eigenvalue weighted by Gasteiger charge is 2.29. The molecule has 1 aromatic heterocycles. The van der Waals surface area contributed by atoms with Crippen molar-refractivity contribution in [1.82, 2.24) is 15.3 Å². The minimum absolute atomic E-state index is 0.0716. The molecule has 6 N–H and O–H groups in total. The van der Waals surface area contributed by atoms with Crippen LogP contribution in [-0.2, 0) is 11.2 Å². The van der Waals surface area contributed by atoms with E-state index in [-0.39, 0.29) is 18.4 Å². The van der Waals surface area contributed by atoms with Gasteiger partial charge in [-0.1, -0.05) is 0 Å². The minimum Gasteiger partial charge on any atom is -0.394 e. The maximum Gasteiger partial charge on any atom is 0.325 e. The summed E-state index contributed by atoms with van der Waals surface area (Å²) in [5.41, 5.74) is -2.04. The van der Waals surface area contributed by atoms with Crippen molar-refractivity contribution in [3.63, 3.8) is 0 Å². The summed E-state index contributed by atoms with van der Waals surface area (Å²) in [7, 11) is 0. The number of aliphatic hydroxyl groups excluding tert-OH is 3. The second-order valence-electron chi connectivity index (χ2n) is 4.81. The summed E-state index contributed by atoms with van der Waals surface area (Å²) in [5.74, 6) is -0.544. The highest BCUT2D eigenvalue weighted by molar-refractivity contribution is 5.77. The molecule has 0 aliphatic heterocycles. The zero-order valence-corrected chi connectivity index (χ0v) is 11.6. The van der Waals surface area contributed by atoms with Crippen LogP contribution in [0.25, 0.3) is 0 Å². The second-order valence-corrected chi connectivity index (χ2v) is 4.81. The van der Waals surface area contributed by atoms with E-state index in [4.69, 9.17) is 15.3 Å². The molecule has 0 unspecified atom stereocenters. The van der Waals surface area contributed by atoms with E-state index in [9.17, 15) is 14.4 Å². The van der Waals surface area contributed by atoms with Crippen LogP contribution in [0.2, 0.25) is 0 Å². The van der Waals surface area contributed by atoms with Crippen molar-refractivity contribution in [1.29, 1.82) is 0 Å². The predicted octanol–water partition coefficient (Wildman–Crippen LogP) is -2.86. The monoisotopic (exact) mass is 301 g/mol. The molecule has 1 amide bonds. The van der Waals surface area contributed by atoms with Gasteiger partial charge in [-0.05, 0) is 13.3 Å². The van der Waals surface area contributed by atoms with Gasteiger partial charge in [-0.25, -0.2) is 4.79 Å². The second kappa shape index (κ2) is 7.16. The summed E-state index contributed by atoms with van der Waals surface area (Å²) in [4.78, 5) is 38.9. The lowest BCUT2D eigenvalue weighted by Crippen LogP contribution is -2.57. The van der Waals surface area contributed by atoms with Crippen molar-refractivity contribution in [2.75, 3.05) is 19.8 Å². The first-order chi connectivity index (χ1) is 9.87. The fourth-order valence-corrected chi connectivity index (χ4v) is 1.79. The standard InChI is InChI=1S/C12H19N3O6/c1-7-8(10(20)14-11(21)13-7)2-3-9(19)15-12(4-16,5-17)6-18/h16-18H,2-6H2,1H3,(H,15,19)(H2,13,14,20,21). The van der Waals surface area contributed by atoms with Gasteiger partial charge in [0, 0.05) is 17.7 Å². The molecule has 0 spiro atoms. The van der Waals surface area contributed by atoms with Gasteiger partial charge in [-0.3, -0.25) is 14.6 Å². The van der Waals surface area contributed by atoms with Gasteiger partial charge in [-0.15, -0.1) is 0 Å². The number of carbonyl (C=O) groups excluding carboxylic acids is 1. The Morgan fingerprint density at radius 1 is 1.14 bits per heavy atom. The molecule has 118 valence electrons. The first kappa shape index (κ1) is 17.1. The van der Waals surface area contributed by atoms with Gasteiger partial charge in [0.15, 0.2) is 0 Å². The molecule has 21 heavy (non-hydrogen) atoms. The van der Waals surface area contributed by atoms with Crippen LogP contribution in [0.4, 0.5) is 0 Å². The number of carbonyl (C=O) groups is 1. The maximum absolute atomic E-state index is 11.8. The third-order valence-corrected chi connectivity index (χ3v) is 3.17. The van der Waals surface area contributed by atoms with E-state index in [0.29, 0.717) is 5.69 Å². The summed E-state index contributed by atoms with van der Waals surface area (Å²) in [5, 5.41) is 29.6. The topological polar surface area (TPSA) is 156 Å². The van der Waals surface area contributed by atoms with E-state index >= 15 is 0 Å². The van der Waals surface area contributed by atoms with Gasteiger partial charge in [-0.2, -0.15) is 0 Å². The minimum atomic E-state index is -1.50. The summed E-state index contributed by atoms with van der Waals surface area (Å²) < 4.78 is 0. The van der Waals surface area contributed by atoms with Crippen molar-refractivity contribution in [3.8, 4) is 0 Å². The number of hydrogen-bond acceptors (Lipinski definition) is 6. The summed E-state index contributed by atoms with van der Waals surface area (Å²) in [6, 6.07) is 0. The third-order valence-electron chi connectivity index (χ3n) is 3.17. The Morgan fingerprint density at radius 2 is 1.71 bits per heavy atom. The van der Waals surface area contributed by atoms with E-state index in [1.165, 1.54) is 0 Å². The molecule has 0 bridgehead atoms. The molecule has 1 heterocycles. The van der Waals surface area contributed by atoms with E-state index in [0.717, 1.165) is 0 Å². The Morgan fingerprint density at radius 3 is 2.19 bits per heavy atom. The lowest BCUT2D eigenvalue weighted by molar-refractivity contribution is -0.125. The number of aromatic amines is 2. The van der Waals surface area contributed by atoms with Crippen LogP contribution in [0.1, 0.15) is 17.7 Å². The molecule has 0 radical (unpaired) electrons. The van der Waals surface area contributed by atoms with Gasteiger partial charge in [0.2, 0.25) is 5.91 Å². The van der Waals surface area contributed by atoms with Gasteiger partial charge < -0.3 is 25.6 Å². The Bertz CT molecular complexity index is 593. The molecule has 0 aliphatic rings. The van der Waals surface area contributed by atoms with Crippen LogP contribution in [0, 0.1) is 6.92 Å². The molecular weight excluding hydrogens is 282 g/mol. The van der Waals surface area contributed by atoms with E-state index in [2.05, 4.69) is 15.3 Å². The molecule has 1 aromatic rings. The predicted molar refractivity (Wildman–Crippen MR) is 72.9 cm³/mol. The van der Waals surface area contributed by atoms with E-state index in [1.807, 2.05) is 0 Å². The largest absolute Gasteiger partial charge is 0.394 e. The summed E-state index contributed by atoms with van der Waals surface area (Å²) in [6.07, 6.45) is -0.0279. The smallest absolute Gasteiger partial charge is 0.325 e. The van der Waals surface area contributed by atoms with Gasteiger partial charge in [0.25, 0.3) is 5.56 Å². The highest BCUT2D eigenvalue weighted by atomic mass is 16.3. The molecule has 0 saturated carbocycles. The van der Waals surface area contributed by atoms with Gasteiger partial charge >= 0.3 is 5.69 Å². The maximum atomic E-state index is 11.8. The Labute approximate surface area is 119 Å². The first-order valence-electron chi connectivity index (χ1n) is 6.33. The van der Waals surface area contributed by atoms with Crippen LogP contribution in [0.5, 0.6) is 0 Å².